The Balaban J connectivity index is 1.92. The Kier molecular flexibility index (Phi) is 7.08. The van der Waals surface area contributed by atoms with Gasteiger partial charge < -0.3 is 19.1 Å². The van der Waals surface area contributed by atoms with Crippen molar-refractivity contribution in [1.82, 2.24) is 4.57 Å². The molecule has 7 heteroatoms. The van der Waals surface area contributed by atoms with Gasteiger partial charge in [-0.05, 0) is 38.0 Å². The summed E-state index contributed by atoms with van der Waals surface area (Å²) in [6, 6.07) is 17.6. The Morgan fingerprint density at radius 3 is 2.31 bits per heavy atom. The number of hydrogen-bond acceptors (Lipinski definition) is 6. The maximum Gasteiger partial charge on any atom is 0.317 e. The number of aliphatic hydroxyl groups is 1. The SMILES string of the molecule is CCOC(=O)C1C(=O)CC(C)(O)C(C(=O)OCC)C1c1cn(Cc2ccccc2)c2ccccc12. The second-order valence-corrected chi connectivity index (χ2v) is 9.20. The van der Waals surface area contributed by atoms with E-state index in [2.05, 4.69) is 0 Å². The maximum absolute atomic E-state index is 13.3. The third kappa shape index (κ3) is 4.73. The molecule has 7 nitrogen and oxygen atoms in total. The first-order valence-electron chi connectivity index (χ1n) is 12.0. The molecule has 2 aromatic carbocycles. The molecule has 1 aliphatic rings. The van der Waals surface area contributed by atoms with Crippen molar-refractivity contribution in [3.8, 4) is 0 Å². The van der Waals surface area contributed by atoms with E-state index in [1.165, 1.54) is 6.92 Å². The van der Waals surface area contributed by atoms with Gasteiger partial charge >= 0.3 is 11.9 Å². The molecule has 1 aromatic heterocycles. The van der Waals surface area contributed by atoms with Gasteiger partial charge in [-0.3, -0.25) is 14.4 Å². The molecule has 0 aliphatic heterocycles. The number of rotatable bonds is 7. The molecule has 4 atom stereocenters. The molecule has 1 saturated carbocycles. The van der Waals surface area contributed by atoms with Gasteiger partial charge in [0, 0.05) is 36.0 Å². The lowest BCUT2D eigenvalue weighted by molar-refractivity contribution is -0.172. The summed E-state index contributed by atoms with van der Waals surface area (Å²) in [6.45, 7) is 5.60. The summed E-state index contributed by atoms with van der Waals surface area (Å²) in [6.07, 6.45) is 1.55. The van der Waals surface area contributed by atoms with E-state index in [4.69, 9.17) is 9.47 Å². The highest BCUT2D eigenvalue weighted by Crippen LogP contribution is 2.48. The lowest BCUT2D eigenvalue weighted by atomic mass is 9.61. The monoisotopic (exact) mass is 477 g/mol. The topological polar surface area (TPSA) is 94.8 Å². The van der Waals surface area contributed by atoms with Gasteiger partial charge in [0.1, 0.15) is 5.92 Å². The van der Waals surface area contributed by atoms with Crippen LogP contribution in [0.25, 0.3) is 10.9 Å². The minimum Gasteiger partial charge on any atom is -0.466 e. The summed E-state index contributed by atoms with van der Waals surface area (Å²) in [5, 5.41) is 12.1. The molecular weight excluding hydrogens is 446 g/mol. The second-order valence-electron chi connectivity index (χ2n) is 9.20. The summed E-state index contributed by atoms with van der Waals surface area (Å²) in [5.41, 5.74) is 0.935. The van der Waals surface area contributed by atoms with Crippen molar-refractivity contribution in [2.24, 2.45) is 11.8 Å². The molecule has 0 saturated heterocycles. The maximum atomic E-state index is 13.3. The highest BCUT2D eigenvalue weighted by molar-refractivity contribution is 6.03. The Morgan fingerprint density at radius 2 is 1.63 bits per heavy atom. The predicted octanol–water partition coefficient (Wildman–Crippen LogP) is 3.86. The predicted molar refractivity (Wildman–Crippen MR) is 131 cm³/mol. The largest absolute Gasteiger partial charge is 0.466 e. The highest BCUT2D eigenvalue weighted by atomic mass is 16.5. The third-order valence-corrected chi connectivity index (χ3v) is 6.72. The molecule has 0 radical (unpaired) electrons. The van der Waals surface area contributed by atoms with Gasteiger partial charge in [0.25, 0.3) is 0 Å². The van der Waals surface area contributed by atoms with Crippen LogP contribution in [0.4, 0.5) is 0 Å². The standard InChI is InChI=1S/C28H31NO6/c1-4-34-26(31)24-22(30)15-28(3,33)25(27(32)35-5-2)23(24)20-17-29(16-18-11-7-6-8-12-18)21-14-10-9-13-19(20)21/h6-14,17,23-25,33H,4-5,15-16H2,1-3H3. The zero-order valence-electron chi connectivity index (χ0n) is 20.3. The van der Waals surface area contributed by atoms with Crippen LogP contribution in [0.3, 0.4) is 0 Å². The van der Waals surface area contributed by atoms with E-state index >= 15 is 0 Å². The first-order valence-corrected chi connectivity index (χ1v) is 12.0. The molecule has 4 unspecified atom stereocenters. The van der Waals surface area contributed by atoms with E-state index in [1.807, 2.05) is 65.4 Å². The molecule has 4 rings (SSSR count). The van der Waals surface area contributed by atoms with Crippen LogP contribution >= 0.6 is 0 Å². The number of nitrogens with zero attached hydrogens (tertiary/aromatic N) is 1. The van der Waals surface area contributed by atoms with Crippen molar-refractivity contribution in [3.63, 3.8) is 0 Å². The Labute approximate surface area is 204 Å². The summed E-state index contributed by atoms with van der Waals surface area (Å²) in [7, 11) is 0. The van der Waals surface area contributed by atoms with E-state index < -0.39 is 41.1 Å². The van der Waals surface area contributed by atoms with Gasteiger partial charge in [0.15, 0.2) is 5.78 Å². The van der Waals surface area contributed by atoms with Crippen LogP contribution in [0.2, 0.25) is 0 Å². The fraction of sp³-hybridized carbons (Fsp3) is 0.393. The van der Waals surface area contributed by atoms with E-state index in [-0.39, 0.29) is 19.6 Å². The van der Waals surface area contributed by atoms with Crippen LogP contribution < -0.4 is 0 Å². The van der Waals surface area contributed by atoms with Gasteiger partial charge in [0.2, 0.25) is 0 Å². The Bertz CT molecular complexity index is 1230. The lowest BCUT2D eigenvalue weighted by Gasteiger charge is -2.43. The molecule has 0 amide bonds. The van der Waals surface area contributed by atoms with Crippen LogP contribution in [0.1, 0.15) is 44.2 Å². The first-order chi connectivity index (χ1) is 16.8. The molecule has 35 heavy (non-hydrogen) atoms. The highest BCUT2D eigenvalue weighted by Gasteiger charge is 2.57. The van der Waals surface area contributed by atoms with Gasteiger partial charge in [-0.1, -0.05) is 48.5 Å². The van der Waals surface area contributed by atoms with Crippen LogP contribution in [-0.4, -0.2) is 46.2 Å². The van der Waals surface area contributed by atoms with Gasteiger partial charge in [0.05, 0.1) is 24.7 Å². The number of benzene rings is 2. The number of para-hydroxylation sites is 1. The molecule has 1 N–H and O–H groups in total. The average Bonchev–Trinajstić information content (AvgIpc) is 3.17. The minimum absolute atomic E-state index is 0.103. The number of ether oxygens (including phenoxy) is 2. The molecule has 0 spiro atoms. The first kappa shape index (κ1) is 24.7. The van der Waals surface area contributed by atoms with Crippen LogP contribution in [0, 0.1) is 11.8 Å². The molecule has 1 heterocycles. The van der Waals surface area contributed by atoms with Crippen molar-refractivity contribution in [1.29, 1.82) is 0 Å². The van der Waals surface area contributed by atoms with E-state index in [1.54, 1.807) is 13.8 Å². The van der Waals surface area contributed by atoms with Crippen LogP contribution in [-0.2, 0) is 30.4 Å². The number of ketones is 1. The zero-order valence-corrected chi connectivity index (χ0v) is 20.3. The third-order valence-electron chi connectivity index (χ3n) is 6.72. The number of Topliss-reactive ketones (excluding diaryl/α,β-unsaturated/α-hetero) is 1. The normalized spacial score (nSPS) is 24.3. The fourth-order valence-corrected chi connectivity index (χ4v) is 5.31. The quantitative estimate of drug-likeness (QED) is 0.410. The Hall–Kier alpha value is -3.45. The van der Waals surface area contributed by atoms with Crippen molar-refractivity contribution < 1.29 is 29.0 Å². The second kappa shape index (κ2) is 10.0. The average molecular weight is 478 g/mol. The van der Waals surface area contributed by atoms with Crippen molar-refractivity contribution in [2.45, 2.75) is 45.3 Å². The molecular formula is C28H31NO6. The van der Waals surface area contributed by atoms with Crippen molar-refractivity contribution >= 4 is 28.6 Å². The van der Waals surface area contributed by atoms with Gasteiger partial charge in [-0.25, -0.2) is 0 Å². The van der Waals surface area contributed by atoms with Crippen molar-refractivity contribution in [3.05, 3.63) is 71.9 Å². The minimum atomic E-state index is -1.68. The number of aromatic nitrogens is 1. The number of carbonyl (C=O) groups is 3. The number of fused-ring (bicyclic) bond motifs is 1. The molecule has 3 aromatic rings. The zero-order chi connectivity index (χ0) is 25.2. The lowest BCUT2D eigenvalue weighted by Crippen LogP contribution is -2.55. The van der Waals surface area contributed by atoms with E-state index in [0.29, 0.717) is 12.1 Å². The molecule has 184 valence electrons. The van der Waals surface area contributed by atoms with E-state index in [0.717, 1.165) is 16.5 Å². The number of carbonyl (C=O) groups excluding carboxylic acids is 3. The fourth-order valence-electron chi connectivity index (χ4n) is 5.31. The number of hydrogen-bond donors (Lipinski definition) is 1. The van der Waals surface area contributed by atoms with Gasteiger partial charge in [-0.2, -0.15) is 0 Å². The summed E-state index contributed by atoms with van der Waals surface area (Å²) < 4.78 is 12.7. The summed E-state index contributed by atoms with van der Waals surface area (Å²) in [5.74, 6) is -5.05. The number of esters is 2. The summed E-state index contributed by atoms with van der Waals surface area (Å²) >= 11 is 0. The Morgan fingerprint density at radius 1 is 1.00 bits per heavy atom. The van der Waals surface area contributed by atoms with E-state index in [9.17, 15) is 19.5 Å². The van der Waals surface area contributed by atoms with Crippen LogP contribution in [0.5, 0.6) is 0 Å². The van der Waals surface area contributed by atoms with Gasteiger partial charge in [-0.15, -0.1) is 0 Å². The van der Waals surface area contributed by atoms with Crippen LogP contribution in [0.15, 0.2) is 60.8 Å². The summed E-state index contributed by atoms with van der Waals surface area (Å²) in [4.78, 5) is 39.5. The van der Waals surface area contributed by atoms with Crippen molar-refractivity contribution in [2.75, 3.05) is 13.2 Å². The molecule has 1 fully saturated rings. The molecule has 1 aliphatic carbocycles. The molecule has 0 bridgehead atoms. The smallest absolute Gasteiger partial charge is 0.317 e.